The molecule has 100 valence electrons. The maximum Gasteiger partial charge on any atom is 0.176 e. The average molecular weight is 403 g/mol. The van der Waals surface area contributed by atoms with Gasteiger partial charge in [-0.25, -0.2) is 0 Å². The minimum absolute atomic E-state index is 0.137. The third-order valence-corrected chi connectivity index (χ3v) is 4.68. The number of halogens is 2. The van der Waals surface area contributed by atoms with Gasteiger partial charge in [-0.2, -0.15) is 0 Å². The number of thiophene rings is 1. The standard InChI is InChI=1S/C14H13Br2NOS/c1-17(7-10-5-14(16)19-9-10)8-13(18)11-3-2-4-12(15)6-11/h2-6,9H,7-8H2,1H3. The van der Waals surface area contributed by atoms with Crippen LogP contribution in [0.1, 0.15) is 15.9 Å². The first-order valence-corrected chi connectivity index (χ1v) is 8.21. The lowest BCUT2D eigenvalue weighted by atomic mass is 10.1. The Morgan fingerprint density at radius 2 is 2.11 bits per heavy atom. The van der Waals surface area contributed by atoms with Crippen LogP contribution in [0.3, 0.4) is 0 Å². The van der Waals surface area contributed by atoms with Crippen LogP contribution >= 0.6 is 43.2 Å². The van der Waals surface area contributed by atoms with Gasteiger partial charge in [0.25, 0.3) is 0 Å². The zero-order valence-electron chi connectivity index (χ0n) is 10.4. The van der Waals surface area contributed by atoms with E-state index in [1.807, 2.05) is 36.2 Å². The number of likely N-dealkylation sites (N-methyl/N-ethyl adjacent to an activating group) is 1. The van der Waals surface area contributed by atoms with E-state index in [0.717, 1.165) is 20.4 Å². The van der Waals surface area contributed by atoms with Gasteiger partial charge in [0, 0.05) is 16.6 Å². The van der Waals surface area contributed by atoms with E-state index in [0.29, 0.717) is 6.54 Å². The first-order valence-electron chi connectivity index (χ1n) is 5.75. The molecule has 0 aliphatic carbocycles. The van der Waals surface area contributed by atoms with Crippen molar-refractivity contribution in [1.82, 2.24) is 4.90 Å². The predicted molar refractivity (Wildman–Crippen MR) is 86.8 cm³/mol. The molecule has 2 aromatic rings. The number of benzene rings is 1. The molecular weight excluding hydrogens is 390 g/mol. The molecule has 0 bridgehead atoms. The van der Waals surface area contributed by atoms with Crippen molar-refractivity contribution < 1.29 is 4.79 Å². The number of carbonyl (C=O) groups is 1. The SMILES string of the molecule is CN(CC(=O)c1cccc(Br)c1)Cc1csc(Br)c1. The molecule has 2 nitrogen and oxygen atoms in total. The number of nitrogens with zero attached hydrogens (tertiary/aromatic N) is 1. The molecule has 0 aliphatic heterocycles. The van der Waals surface area contributed by atoms with Gasteiger partial charge in [-0.15, -0.1) is 11.3 Å². The van der Waals surface area contributed by atoms with E-state index in [2.05, 4.69) is 43.3 Å². The highest BCUT2D eigenvalue weighted by Gasteiger charge is 2.10. The summed E-state index contributed by atoms with van der Waals surface area (Å²) in [7, 11) is 1.96. The van der Waals surface area contributed by atoms with E-state index in [1.165, 1.54) is 5.56 Å². The average Bonchev–Trinajstić information content (AvgIpc) is 2.74. The molecule has 19 heavy (non-hydrogen) atoms. The molecule has 1 aromatic carbocycles. The fourth-order valence-corrected chi connectivity index (χ4v) is 3.39. The number of rotatable bonds is 5. The molecule has 0 atom stereocenters. The molecule has 0 spiro atoms. The van der Waals surface area contributed by atoms with Crippen molar-refractivity contribution in [3.05, 3.63) is 55.1 Å². The van der Waals surface area contributed by atoms with Gasteiger partial charge in [0.15, 0.2) is 5.78 Å². The van der Waals surface area contributed by atoms with Crippen molar-refractivity contribution in [2.75, 3.05) is 13.6 Å². The summed E-state index contributed by atoms with van der Waals surface area (Å²) >= 11 is 8.49. The normalized spacial score (nSPS) is 10.9. The minimum Gasteiger partial charge on any atom is -0.295 e. The molecule has 0 amide bonds. The summed E-state index contributed by atoms with van der Waals surface area (Å²) in [4.78, 5) is 14.2. The summed E-state index contributed by atoms with van der Waals surface area (Å²) in [6.07, 6.45) is 0. The third-order valence-electron chi connectivity index (χ3n) is 2.63. The van der Waals surface area contributed by atoms with Crippen molar-refractivity contribution >= 4 is 49.0 Å². The highest BCUT2D eigenvalue weighted by Crippen LogP contribution is 2.21. The van der Waals surface area contributed by atoms with Gasteiger partial charge in [-0.05, 0) is 52.1 Å². The van der Waals surface area contributed by atoms with Gasteiger partial charge in [0.05, 0.1) is 10.3 Å². The van der Waals surface area contributed by atoms with E-state index in [1.54, 1.807) is 11.3 Å². The Kier molecular flexibility index (Phi) is 5.33. The van der Waals surface area contributed by atoms with Gasteiger partial charge in [-0.1, -0.05) is 28.1 Å². The monoisotopic (exact) mass is 401 g/mol. The second kappa shape index (κ2) is 6.79. The Hall–Kier alpha value is -0.490. The van der Waals surface area contributed by atoms with Gasteiger partial charge >= 0.3 is 0 Å². The Bertz CT molecular complexity index is 582. The van der Waals surface area contributed by atoms with E-state index < -0.39 is 0 Å². The first kappa shape index (κ1) is 14.9. The fraction of sp³-hybridized carbons (Fsp3) is 0.214. The molecule has 1 heterocycles. The zero-order chi connectivity index (χ0) is 13.8. The molecular formula is C14H13Br2NOS. The van der Waals surface area contributed by atoms with Crippen LogP contribution in [0.5, 0.6) is 0 Å². The lowest BCUT2D eigenvalue weighted by Crippen LogP contribution is -2.25. The lowest BCUT2D eigenvalue weighted by molar-refractivity contribution is 0.0943. The zero-order valence-corrected chi connectivity index (χ0v) is 14.4. The second-order valence-corrected chi connectivity index (χ2v) is 7.57. The molecule has 5 heteroatoms. The molecule has 0 N–H and O–H groups in total. The van der Waals surface area contributed by atoms with Crippen LogP contribution in [-0.2, 0) is 6.54 Å². The smallest absolute Gasteiger partial charge is 0.176 e. The van der Waals surface area contributed by atoms with Gasteiger partial charge in [-0.3, -0.25) is 9.69 Å². The molecule has 2 rings (SSSR count). The number of hydrogen-bond donors (Lipinski definition) is 0. The summed E-state index contributed by atoms with van der Waals surface area (Å²) in [6.45, 7) is 1.20. The number of ketones is 1. The largest absolute Gasteiger partial charge is 0.295 e. The van der Waals surface area contributed by atoms with E-state index in [9.17, 15) is 4.79 Å². The molecule has 0 saturated heterocycles. The van der Waals surface area contributed by atoms with Crippen molar-refractivity contribution in [2.24, 2.45) is 0 Å². The summed E-state index contributed by atoms with van der Waals surface area (Å²) < 4.78 is 2.05. The Morgan fingerprint density at radius 1 is 1.32 bits per heavy atom. The van der Waals surface area contributed by atoms with Gasteiger partial charge in [0.2, 0.25) is 0 Å². The Balaban J connectivity index is 1.95. The maximum absolute atomic E-state index is 12.1. The van der Waals surface area contributed by atoms with E-state index in [4.69, 9.17) is 0 Å². The molecule has 1 aromatic heterocycles. The first-order chi connectivity index (χ1) is 9.04. The number of carbonyl (C=O) groups excluding carboxylic acids is 1. The summed E-state index contributed by atoms with van der Waals surface area (Å²) in [6, 6.07) is 9.60. The Labute approximate surface area is 133 Å². The van der Waals surface area contributed by atoms with E-state index >= 15 is 0 Å². The molecule has 0 saturated carbocycles. The number of Topliss-reactive ketones (excluding diaryl/α,β-unsaturated/α-hetero) is 1. The quantitative estimate of drug-likeness (QED) is 0.681. The molecule has 0 aliphatic rings. The van der Waals surface area contributed by atoms with Crippen molar-refractivity contribution in [3.63, 3.8) is 0 Å². The number of hydrogen-bond acceptors (Lipinski definition) is 3. The molecule has 0 unspecified atom stereocenters. The third kappa shape index (κ3) is 4.53. The molecule has 0 radical (unpaired) electrons. The fourth-order valence-electron chi connectivity index (χ4n) is 1.79. The second-order valence-electron chi connectivity index (χ2n) is 4.36. The van der Waals surface area contributed by atoms with Crippen LogP contribution in [0.25, 0.3) is 0 Å². The summed E-state index contributed by atoms with van der Waals surface area (Å²) in [5, 5.41) is 2.10. The van der Waals surface area contributed by atoms with Crippen LogP contribution in [0.4, 0.5) is 0 Å². The maximum atomic E-state index is 12.1. The minimum atomic E-state index is 0.137. The Morgan fingerprint density at radius 3 is 2.74 bits per heavy atom. The summed E-state index contributed by atoms with van der Waals surface area (Å²) in [5.74, 6) is 0.137. The van der Waals surface area contributed by atoms with Crippen LogP contribution in [0.15, 0.2) is 44.0 Å². The van der Waals surface area contributed by atoms with Crippen molar-refractivity contribution in [1.29, 1.82) is 0 Å². The highest BCUT2D eigenvalue weighted by atomic mass is 79.9. The van der Waals surface area contributed by atoms with Crippen LogP contribution in [-0.4, -0.2) is 24.3 Å². The topological polar surface area (TPSA) is 20.3 Å². The highest BCUT2D eigenvalue weighted by molar-refractivity contribution is 9.11. The van der Waals surface area contributed by atoms with Crippen molar-refractivity contribution in [3.8, 4) is 0 Å². The van der Waals surface area contributed by atoms with E-state index in [-0.39, 0.29) is 5.78 Å². The lowest BCUT2D eigenvalue weighted by Gasteiger charge is -2.14. The van der Waals surface area contributed by atoms with Crippen LogP contribution in [0.2, 0.25) is 0 Å². The van der Waals surface area contributed by atoms with Crippen LogP contribution in [0, 0.1) is 0 Å². The van der Waals surface area contributed by atoms with Gasteiger partial charge in [0.1, 0.15) is 0 Å². The van der Waals surface area contributed by atoms with Gasteiger partial charge < -0.3 is 0 Å². The van der Waals surface area contributed by atoms with Crippen LogP contribution < -0.4 is 0 Å². The molecule has 0 fully saturated rings. The predicted octanol–water partition coefficient (Wildman–Crippen LogP) is 4.59. The summed E-state index contributed by atoms with van der Waals surface area (Å²) in [5.41, 5.74) is 1.97. The van der Waals surface area contributed by atoms with Crippen molar-refractivity contribution in [2.45, 2.75) is 6.54 Å².